The predicted octanol–water partition coefficient (Wildman–Crippen LogP) is 1.58. The third-order valence-corrected chi connectivity index (χ3v) is 2.10. The van der Waals surface area contributed by atoms with E-state index >= 15 is 0 Å². The van der Waals surface area contributed by atoms with Crippen molar-refractivity contribution in [3.63, 3.8) is 0 Å². The molecule has 0 saturated heterocycles. The van der Waals surface area contributed by atoms with Gasteiger partial charge in [-0.25, -0.2) is 4.99 Å². The van der Waals surface area contributed by atoms with Gasteiger partial charge in [0.2, 0.25) is 5.90 Å². The Morgan fingerprint density at radius 2 is 1.88 bits per heavy atom. The second kappa shape index (κ2) is 5.83. The lowest BCUT2D eigenvalue weighted by molar-refractivity contribution is -0.191. The molecule has 1 atom stereocenters. The highest BCUT2D eigenvalue weighted by Gasteiger charge is 2.15. The molecule has 4 heteroatoms. The van der Waals surface area contributed by atoms with Crippen molar-refractivity contribution >= 4 is 12.0 Å². The summed E-state index contributed by atoms with van der Waals surface area (Å²) in [5, 5.41) is 0. The maximum atomic E-state index is 8.12. The minimum atomic E-state index is 0.250. The Labute approximate surface area is 94.0 Å². The Bertz CT molecular complexity index is 403. The molecule has 0 radical (unpaired) electrons. The van der Waals surface area contributed by atoms with Crippen molar-refractivity contribution in [2.75, 3.05) is 6.61 Å². The highest BCUT2D eigenvalue weighted by atomic mass is 16.5. The number of carbonyl (C=O) groups excluding carboxylic acids is 2. The van der Waals surface area contributed by atoms with E-state index in [0.717, 1.165) is 11.5 Å². The van der Waals surface area contributed by atoms with Crippen molar-refractivity contribution in [2.24, 2.45) is 4.99 Å². The second-order valence-corrected chi connectivity index (χ2v) is 3.54. The van der Waals surface area contributed by atoms with Crippen LogP contribution < -0.4 is 0 Å². The van der Waals surface area contributed by atoms with Crippen LogP contribution in [0.4, 0.5) is 0 Å². The number of aliphatic imine (C=N–C) groups is 1. The summed E-state index contributed by atoms with van der Waals surface area (Å²) >= 11 is 0. The van der Waals surface area contributed by atoms with Gasteiger partial charge in [0, 0.05) is 5.56 Å². The van der Waals surface area contributed by atoms with Crippen LogP contribution >= 0.6 is 0 Å². The van der Waals surface area contributed by atoms with Gasteiger partial charge in [-0.15, -0.1) is 0 Å². The van der Waals surface area contributed by atoms with E-state index in [1.54, 1.807) is 0 Å². The molecule has 1 aromatic rings. The van der Waals surface area contributed by atoms with Crippen LogP contribution in [0.2, 0.25) is 0 Å². The standard InChI is InChI=1S/C11H13NO.CO2/c1-8-3-5-10(6-4-8)11-12-9(2)7-13-11;2-1-3/h3-6,9H,7H2,1-2H3;/t9-;/m0./s1. The van der Waals surface area contributed by atoms with Crippen LogP contribution in [0.3, 0.4) is 0 Å². The van der Waals surface area contributed by atoms with Crippen LogP contribution in [-0.4, -0.2) is 24.7 Å². The van der Waals surface area contributed by atoms with Crippen molar-refractivity contribution in [3.05, 3.63) is 35.4 Å². The first-order chi connectivity index (χ1) is 7.67. The third-order valence-electron chi connectivity index (χ3n) is 2.10. The molecule has 0 fully saturated rings. The van der Waals surface area contributed by atoms with Gasteiger partial charge in [0.25, 0.3) is 0 Å². The largest absolute Gasteiger partial charge is 0.475 e. The Morgan fingerprint density at radius 1 is 1.31 bits per heavy atom. The fourth-order valence-electron chi connectivity index (χ4n) is 1.33. The molecule has 2 rings (SSSR count). The van der Waals surface area contributed by atoms with Crippen molar-refractivity contribution in [1.29, 1.82) is 0 Å². The summed E-state index contributed by atoms with van der Waals surface area (Å²) in [6, 6.07) is 8.55. The molecule has 1 aliphatic heterocycles. The van der Waals surface area contributed by atoms with E-state index in [-0.39, 0.29) is 6.15 Å². The van der Waals surface area contributed by atoms with Gasteiger partial charge in [0.1, 0.15) is 6.61 Å². The Morgan fingerprint density at radius 3 is 2.31 bits per heavy atom. The molecule has 1 aliphatic rings. The third kappa shape index (κ3) is 3.33. The SMILES string of the molecule is Cc1ccc(C2=N[C@@H](C)CO2)cc1.O=C=O. The summed E-state index contributed by atoms with van der Waals surface area (Å²) in [5.74, 6) is 0.785. The molecular formula is C12H13NO3. The summed E-state index contributed by atoms with van der Waals surface area (Å²) in [6.45, 7) is 4.84. The Hall–Kier alpha value is -1.93. The quantitative estimate of drug-likeness (QED) is 0.720. The second-order valence-electron chi connectivity index (χ2n) is 3.54. The first kappa shape index (κ1) is 12.1. The average Bonchev–Trinajstić information content (AvgIpc) is 2.67. The minimum absolute atomic E-state index is 0.250. The normalized spacial score (nSPS) is 17.6. The van der Waals surface area contributed by atoms with Gasteiger partial charge >= 0.3 is 6.15 Å². The Kier molecular flexibility index (Phi) is 4.42. The summed E-state index contributed by atoms with van der Waals surface area (Å²) in [4.78, 5) is 20.6. The molecule has 0 bridgehead atoms. The molecule has 0 aliphatic carbocycles. The zero-order valence-corrected chi connectivity index (χ0v) is 9.27. The van der Waals surface area contributed by atoms with Gasteiger partial charge < -0.3 is 4.74 Å². The number of rotatable bonds is 1. The molecule has 0 aromatic heterocycles. The van der Waals surface area contributed by atoms with Crippen molar-refractivity contribution in [2.45, 2.75) is 19.9 Å². The topological polar surface area (TPSA) is 55.7 Å². The fourth-order valence-corrected chi connectivity index (χ4v) is 1.33. The van der Waals surface area contributed by atoms with Crippen LogP contribution in [0, 0.1) is 6.92 Å². The van der Waals surface area contributed by atoms with Gasteiger partial charge in [-0.3, -0.25) is 0 Å². The number of ether oxygens (including phenoxy) is 1. The molecule has 0 spiro atoms. The van der Waals surface area contributed by atoms with Crippen molar-refractivity contribution in [1.82, 2.24) is 0 Å². The average molecular weight is 219 g/mol. The van der Waals surface area contributed by atoms with E-state index in [4.69, 9.17) is 14.3 Å². The highest BCUT2D eigenvalue weighted by Crippen LogP contribution is 2.12. The first-order valence-corrected chi connectivity index (χ1v) is 4.94. The summed E-state index contributed by atoms with van der Waals surface area (Å²) in [6.07, 6.45) is 0.250. The van der Waals surface area contributed by atoms with Crippen molar-refractivity contribution in [3.8, 4) is 0 Å². The smallest absolute Gasteiger partial charge is 0.373 e. The number of nitrogens with zero attached hydrogens (tertiary/aromatic N) is 1. The fraction of sp³-hybridized carbons (Fsp3) is 0.333. The first-order valence-electron chi connectivity index (χ1n) is 4.94. The molecular weight excluding hydrogens is 206 g/mol. The molecule has 1 aromatic carbocycles. The van der Waals surface area contributed by atoms with Gasteiger partial charge in [-0.2, -0.15) is 9.59 Å². The summed E-state index contributed by atoms with van der Waals surface area (Å²) < 4.78 is 5.44. The molecule has 0 amide bonds. The van der Waals surface area contributed by atoms with E-state index in [9.17, 15) is 0 Å². The molecule has 0 saturated carbocycles. The van der Waals surface area contributed by atoms with E-state index in [1.807, 2.05) is 12.1 Å². The lowest BCUT2D eigenvalue weighted by atomic mass is 10.1. The van der Waals surface area contributed by atoms with Gasteiger partial charge in [0.15, 0.2) is 0 Å². The number of benzene rings is 1. The lowest BCUT2D eigenvalue weighted by Crippen LogP contribution is -2.01. The van der Waals surface area contributed by atoms with Crippen LogP contribution in [0.5, 0.6) is 0 Å². The minimum Gasteiger partial charge on any atom is -0.475 e. The Balaban J connectivity index is 0.000000386. The number of aryl methyl sites for hydroxylation is 1. The highest BCUT2D eigenvalue weighted by molar-refractivity contribution is 5.95. The van der Waals surface area contributed by atoms with Crippen LogP contribution in [-0.2, 0) is 14.3 Å². The van der Waals surface area contributed by atoms with Crippen LogP contribution in [0.25, 0.3) is 0 Å². The zero-order valence-electron chi connectivity index (χ0n) is 9.27. The van der Waals surface area contributed by atoms with Gasteiger partial charge in [-0.1, -0.05) is 17.7 Å². The van der Waals surface area contributed by atoms with Crippen LogP contribution in [0.15, 0.2) is 29.3 Å². The van der Waals surface area contributed by atoms with E-state index < -0.39 is 0 Å². The van der Waals surface area contributed by atoms with Gasteiger partial charge in [-0.05, 0) is 26.0 Å². The molecule has 16 heavy (non-hydrogen) atoms. The molecule has 1 heterocycles. The van der Waals surface area contributed by atoms with Crippen molar-refractivity contribution < 1.29 is 14.3 Å². The molecule has 4 nitrogen and oxygen atoms in total. The van der Waals surface area contributed by atoms with E-state index in [2.05, 4.69) is 31.0 Å². The van der Waals surface area contributed by atoms with Crippen LogP contribution in [0.1, 0.15) is 18.1 Å². The maximum Gasteiger partial charge on any atom is 0.373 e. The molecule has 0 N–H and O–H groups in total. The number of hydrogen-bond acceptors (Lipinski definition) is 4. The zero-order chi connectivity index (χ0) is 12.0. The van der Waals surface area contributed by atoms with E-state index in [0.29, 0.717) is 12.6 Å². The van der Waals surface area contributed by atoms with Gasteiger partial charge in [0.05, 0.1) is 6.04 Å². The lowest BCUT2D eigenvalue weighted by Gasteiger charge is -2.00. The summed E-state index contributed by atoms with van der Waals surface area (Å²) in [5.41, 5.74) is 2.34. The maximum absolute atomic E-state index is 8.12. The number of hydrogen-bond donors (Lipinski definition) is 0. The molecule has 84 valence electrons. The van der Waals surface area contributed by atoms with E-state index in [1.165, 1.54) is 5.56 Å². The summed E-state index contributed by atoms with van der Waals surface area (Å²) in [7, 11) is 0. The predicted molar refractivity (Wildman–Crippen MR) is 58.1 cm³/mol. The molecule has 0 unspecified atom stereocenters. The monoisotopic (exact) mass is 219 g/mol.